The van der Waals surface area contributed by atoms with E-state index in [1.54, 1.807) is 10.9 Å². The maximum Gasteiger partial charge on any atom is 0.339 e. The van der Waals surface area contributed by atoms with Crippen LogP contribution in [0, 0.1) is 0 Å². The number of carboxylic acid groups (broad SMARTS) is 1. The van der Waals surface area contributed by atoms with Crippen LogP contribution in [-0.4, -0.2) is 31.1 Å². The largest absolute Gasteiger partial charge is 0.478 e. The van der Waals surface area contributed by atoms with E-state index in [-0.39, 0.29) is 5.56 Å². The molecule has 0 radical (unpaired) electrons. The third-order valence-electron chi connectivity index (χ3n) is 2.10. The van der Waals surface area contributed by atoms with Crippen LogP contribution in [0.15, 0.2) is 24.7 Å². The van der Waals surface area contributed by atoms with Gasteiger partial charge in [0.2, 0.25) is 0 Å². The Bertz CT molecular complexity index is 446. The van der Waals surface area contributed by atoms with Crippen LogP contribution >= 0.6 is 0 Å². The monoisotopic (exact) mass is 206 g/mol. The van der Waals surface area contributed by atoms with Gasteiger partial charge in [-0.05, 0) is 6.07 Å². The summed E-state index contributed by atoms with van der Waals surface area (Å²) in [4.78, 5) is 10.8. The van der Waals surface area contributed by atoms with Gasteiger partial charge in [0.05, 0.1) is 11.9 Å². The van der Waals surface area contributed by atoms with Crippen molar-refractivity contribution in [3.63, 3.8) is 0 Å². The Kier molecular flexibility index (Phi) is 2.49. The molecule has 0 unspecified atom stereocenters. The zero-order valence-electron chi connectivity index (χ0n) is 7.92. The van der Waals surface area contributed by atoms with Crippen molar-refractivity contribution in [2.75, 3.05) is 0 Å². The molecule has 2 aromatic heterocycles. The molecule has 2 heterocycles. The first kappa shape index (κ1) is 9.45. The summed E-state index contributed by atoms with van der Waals surface area (Å²) in [6.45, 7) is 0.634. The number of aromatic carboxylic acids is 1. The van der Waals surface area contributed by atoms with E-state index in [0.717, 1.165) is 0 Å². The lowest BCUT2D eigenvalue weighted by molar-refractivity contribution is 0.0695. The number of hydrogen-bond acceptors (Lipinski definition) is 3. The Balaban J connectivity index is 2.05. The molecule has 0 aromatic carbocycles. The molecular formula is C9H10N4O2. The normalized spacial score (nSPS) is 10.4. The second-order valence-electron chi connectivity index (χ2n) is 3.09. The van der Waals surface area contributed by atoms with Gasteiger partial charge in [-0.3, -0.25) is 9.78 Å². The molecule has 2 aromatic rings. The molecule has 0 spiro atoms. The third-order valence-corrected chi connectivity index (χ3v) is 2.10. The molecule has 0 aliphatic rings. The van der Waals surface area contributed by atoms with Gasteiger partial charge in [0.1, 0.15) is 5.56 Å². The van der Waals surface area contributed by atoms with Crippen molar-refractivity contribution < 1.29 is 9.90 Å². The number of aromatic nitrogens is 4. The molecule has 0 bridgehead atoms. The SMILES string of the molecule is O=C(O)c1cn[nH]c1CCn1cccn1. The lowest BCUT2D eigenvalue weighted by Crippen LogP contribution is -2.06. The van der Waals surface area contributed by atoms with Crippen molar-refractivity contribution in [1.29, 1.82) is 0 Å². The quantitative estimate of drug-likeness (QED) is 0.765. The zero-order chi connectivity index (χ0) is 10.7. The van der Waals surface area contributed by atoms with Gasteiger partial charge in [-0.25, -0.2) is 4.79 Å². The Hall–Kier alpha value is -2.11. The van der Waals surface area contributed by atoms with E-state index in [1.807, 2.05) is 12.3 Å². The highest BCUT2D eigenvalue weighted by Gasteiger charge is 2.11. The lowest BCUT2D eigenvalue weighted by atomic mass is 10.2. The van der Waals surface area contributed by atoms with Crippen molar-refractivity contribution in [1.82, 2.24) is 20.0 Å². The van der Waals surface area contributed by atoms with Crippen LogP contribution in [0.4, 0.5) is 0 Å². The molecule has 2 rings (SSSR count). The Labute approximate surface area is 85.5 Å². The Morgan fingerprint density at radius 1 is 1.60 bits per heavy atom. The highest BCUT2D eigenvalue weighted by atomic mass is 16.4. The summed E-state index contributed by atoms with van der Waals surface area (Å²) >= 11 is 0. The zero-order valence-corrected chi connectivity index (χ0v) is 7.92. The number of hydrogen-bond donors (Lipinski definition) is 2. The van der Waals surface area contributed by atoms with E-state index in [4.69, 9.17) is 5.11 Å². The minimum Gasteiger partial charge on any atom is -0.478 e. The van der Waals surface area contributed by atoms with Crippen LogP contribution in [0.3, 0.4) is 0 Å². The van der Waals surface area contributed by atoms with Crippen molar-refractivity contribution in [2.24, 2.45) is 0 Å². The molecule has 0 aliphatic heterocycles. The van der Waals surface area contributed by atoms with Gasteiger partial charge < -0.3 is 5.11 Å². The number of carbonyl (C=O) groups is 1. The average molecular weight is 206 g/mol. The van der Waals surface area contributed by atoms with Crippen LogP contribution in [-0.2, 0) is 13.0 Å². The van der Waals surface area contributed by atoms with E-state index in [2.05, 4.69) is 15.3 Å². The van der Waals surface area contributed by atoms with Crippen molar-refractivity contribution in [3.05, 3.63) is 35.9 Å². The first-order valence-electron chi connectivity index (χ1n) is 4.50. The molecular weight excluding hydrogens is 196 g/mol. The summed E-state index contributed by atoms with van der Waals surface area (Å²) in [7, 11) is 0. The molecule has 0 saturated heterocycles. The van der Waals surface area contributed by atoms with Crippen molar-refractivity contribution in [2.45, 2.75) is 13.0 Å². The van der Waals surface area contributed by atoms with Gasteiger partial charge in [0.25, 0.3) is 0 Å². The van der Waals surface area contributed by atoms with Gasteiger partial charge in [-0.1, -0.05) is 0 Å². The molecule has 78 valence electrons. The molecule has 6 nitrogen and oxygen atoms in total. The molecule has 0 aliphatic carbocycles. The predicted molar refractivity (Wildman–Crippen MR) is 51.5 cm³/mol. The van der Waals surface area contributed by atoms with E-state index in [1.165, 1.54) is 6.20 Å². The van der Waals surface area contributed by atoms with Gasteiger partial charge >= 0.3 is 5.97 Å². The molecule has 0 atom stereocenters. The minimum absolute atomic E-state index is 0.224. The lowest BCUT2D eigenvalue weighted by Gasteiger charge is -2.00. The van der Waals surface area contributed by atoms with Crippen molar-refractivity contribution >= 4 is 5.97 Å². The number of aryl methyl sites for hydroxylation is 2. The molecule has 15 heavy (non-hydrogen) atoms. The van der Waals surface area contributed by atoms with Crippen LogP contribution in [0.5, 0.6) is 0 Å². The topological polar surface area (TPSA) is 83.8 Å². The van der Waals surface area contributed by atoms with Gasteiger partial charge in [-0.2, -0.15) is 10.2 Å². The molecule has 2 N–H and O–H groups in total. The van der Waals surface area contributed by atoms with E-state index < -0.39 is 5.97 Å². The fourth-order valence-corrected chi connectivity index (χ4v) is 1.35. The number of nitrogens with one attached hydrogen (secondary N) is 1. The summed E-state index contributed by atoms with van der Waals surface area (Å²) in [6, 6.07) is 1.82. The molecule has 0 saturated carbocycles. The van der Waals surface area contributed by atoms with E-state index in [9.17, 15) is 4.79 Å². The van der Waals surface area contributed by atoms with E-state index in [0.29, 0.717) is 18.7 Å². The maximum absolute atomic E-state index is 10.8. The molecule has 0 fully saturated rings. The smallest absolute Gasteiger partial charge is 0.339 e. The Morgan fingerprint density at radius 2 is 2.47 bits per heavy atom. The standard InChI is InChI=1S/C9H10N4O2/c14-9(15)7-6-10-12-8(7)2-5-13-4-1-3-11-13/h1,3-4,6H,2,5H2,(H,10,12)(H,14,15). The van der Waals surface area contributed by atoms with Crippen LogP contribution in [0.25, 0.3) is 0 Å². The maximum atomic E-state index is 10.8. The van der Waals surface area contributed by atoms with Crippen LogP contribution in [0.2, 0.25) is 0 Å². The van der Waals surface area contributed by atoms with Gasteiger partial charge in [-0.15, -0.1) is 0 Å². The van der Waals surface area contributed by atoms with Crippen molar-refractivity contribution in [3.8, 4) is 0 Å². The van der Waals surface area contributed by atoms with Gasteiger partial charge in [0, 0.05) is 25.4 Å². The summed E-state index contributed by atoms with van der Waals surface area (Å²) in [5.41, 5.74) is 0.847. The third kappa shape index (κ3) is 2.04. The van der Waals surface area contributed by atoms with Crippen LogP contribution < -0.4 is 0 Å². The van der Waals surface area contributed by atoms with Crippen LogP contribution in [0.1, 0.15) is 16.1 Å². The second kappa shape index (κ2) is 3.95. The van der Waals surface area contributed by atoms with E-state index >= 15 is 0 Å². The fourth-order valence-electron chi connectivity index (χ4n) is 1.35. The highest BCUT2D eigenvalue weighted by molar-refractivity contribution is 5.88. The first-order chi connectivity index (χ1) is 7.27. The summed E-state index contributed by atoms with van der Waals surface area (Å²) < 4.78 is 1.74. The number of carboxylic acids is 1. The first-order valence-corrected chi connectivity index (χ1v) is 4.50. The average Bonchev–Trinajstić information content (AvgIpc) is 2.86. The number of rotatable bonds is 4. The Morgan fingerprint density at radius 3 is 3.13 bits per heavy atom. The fraction of sp³-hybridized carbons (Fsp3) is 0.222. The van der Waals surface area contributed by atoms with Gasteiger partial charge in [0.15, 0.2) is 0 Å². The number of aromatic amines is 1. The predicted octanol–water partition coefficient (Wildman–Crippen LogP) is 0.547. The second-order valence-corrected chi connectivity index (χ2v) is 3.09. The summed E-state index contributed by atoms with van der Waals surface area (Å²) in [6.07, 6.45) is 5.41. The highest BCUT2D eigenvalue weighted by Crippen LogP contribution is 2.06. The summed E-state index contributed by atoms with van der Waals surface area (Å²) in [5.74, 6) is -0.959. The summed E-state index contributed by atoms with van der Waals surface area (Å²) in [5, 5.41) is 19.2. The molecule has 6 heteroatoms. The number of H-pyrrole nitrogens is 1. The molecule has 0 amide bonds. The minimum atomic E-state index is -0.959. The number of nitrogens with zero attached hydrogens (tertiary/aromatic N) is 3.